The van der Waals surface area contributed by atoms with Crippen molar-refractivity contribution in [2.24, 2.45) is 5.73 Å². The molecule has 3 nitrogen and oxygen atoms in total. The molecule has 1 fully saturated rings. The number of nitrogens with zero attached hydrogens (tertiary/aromatic N) is 1. The van der Waals surface area contributed by atoms with Crippen LogP contribution in [0, 0.1) is 0 Å². The molecular formula is C14H20N2O. The molecule has 1 aliphatic rings. The fourth-order valence-corrected chi connectivity index (χ4v) is 2.49. The van der Waals surface area contributed by atoms with E-state index >= 15 is 0 Å². The van der Waals surface area contributed by atoms with Gasteiger partial charge in [0, 0.05) is 0 Å². The first-order valence-corrected chi connectivity index (χ1v) is 6.34. The summed E-state index contributed by atoms with van der Waals surface area (Å²) in [5.41, 5.74) is 7.85. The Hall–Kier alpha value is -1.35. The van der Waals surface area contributed by atoms with Gasteiger partial charge in [-0.25, -0.2) is 0 Å². The van der Waals surface area contributed by atoms with Crippen molar-refractivity contribution in [3.8, 4) is 0 Å². The minimum absolute atomic E-state index is 0.240. The van der Waals surface area contributed by atoms with Crippen molar-refractivity contribution in [3.63, 3.8) is 0 Å². The third-order valence-electron chi connectivity index (χ3n) is 3.48. The van der Waals surface area contributed by atoms with E-state index in [9.17, 15) is 4.79 Å². The van der Waals surface area contributed by atoms with Gasteiger partial charge in [0.05, 0.1) is 0 Å². The summed E-state index contributed by atoms with van der Waals surface area (Å²) in [4.78, 5) is 13.8. The van der Waals surface area contributed by atoms with Gasteiger partial charge in [0.2, 0.25) is 5.91 Å². The molecule has 0 bridgehead atoms. The average molecular weight is 232 g/mol. The van der Waals surface area contributed by atoms with E-state index in [4.69, 9.17) is 5.73 Å². The number of likely N-dealkylation sites (tertiary alicyclic amines) is 1. The van der Waals surface area contributed by atoms with Crippen LogP contribution in [0.15, 0.2) is 24.3 Å². The normalized spacial score (nSPS) is 18.2. The molecule has 2 rings (SSSR count). The zero-order chi connectivity index (χ0) is 12.3. The average Bonchev–Trinajstić information content (AvgIpc) is 2.83. The van der Waals surface area contributed by atoms with Gasteiger partial charge in [-0.2, -0.15) is 0 Å². The van der Waals surface area contributed by atoms with E-state index in [0.717, 1.165) is 37.9 Å². The SMILES string of the molecule is CCc1ccc(C(C(N)=O)N2CCCC2)cc1. The highest BCUT2D eigenvalue weighted by atomic mass is 16.1. The van der Waals surface area contributed by atoms with E-state index in [2.05, 4.69) is 24.0 Å². The number of benzene rings is 1. The third-order valence-corrected chi connectivity index (χ3v) is 3.48. The van der Waals surface area contributed by atoms with Crippen molar-refractivity contribution >= 4 is 5.91 Å². The second-order valence-electron chi connectivity index (χ2n) is 4.64. The lowest BCUT2D eigenvalue weighted by atomic mass is 10.0. The Balaban J connectivity index is 2.22. The third kappa shape index (κ3) is 2.67. The van der Waals surface area contributed by atoms with Crippen molar-refractivity contribution in [2.75, 3.05) is 13.1 Å². The molecule has 17 heavy (non-hydrogen) atoms. The first-order chi connectivity index (χ1) is 8.22. The molecule has 1 unspecified atom stereocenters. The standard InChI is InChI=1S/C14H20N2O/c1-2-11-5-7-12(8-6-11)13(14(15)17)16-9-3-4-10-16/h5-8,13H,2-4,9-10H2,1H3,(H2,15,17). The van der Waals surface area contributed by atoms with Gasteiger partial charge in [-0.15, -0.1) is 0 Å². The molecule has 1 amide bonds. The van der Waals surface area contributed by atoms with Crippen LogP contribution in [-0.4, -0.2) is 23.9 Å². The van der Waals surface area contributed by atoms with E-state index in [1.54, 1.807) is 0 Å². The summed E-state index contributed by atoms with van der Waals surface area (Å²) in [6.45, 7) is 4.08. The largest absolute Gasteiger partial charge is 0.368 e. The van der Waals surface area contributed by atoms with Crippen molar-refractivity contribution in [3.05, 3.63) is 35.4 Å². The minimum Gasteiger partial charge on any atom is -0.368 e. The van der Waals surface area contributed by atoms with Gasteiger partial charge in [-0.3, -0.25) is 9.69 Å². The van der Waals surface area contributed by atoms with Crippen LogP contribution < -0.4 is 5.73 Å². The molecule has 0 spiro atoms. The van der Waals surface area contributed by atoms with Crippen molar-refractivity contribution in [1.29, 1.82) is 0 Å². The van der Waals surface area contributed by atoms with Crippen LogP contribution in [0.3, 0.4) is 0 Å². The minimum atomic E-state index is -0.247. The Morgan fingerprint density at radius 2 is 1.88 bits per heavy atom. The fourth-order valence-electron chi connectivity index (χ4n) is 2.49. The zero-order valence-electron chi connectivity index (χ0n) is 10.4. The number of hydrogen-bond acceptors (Lipinski definition) is 2. The van der Waals surface area contributed by atoms with E-state index in [1.807, 2.05) is 12.1 Å². The van der Waals surface area contributed by atoms with Gasteiger partial charge in [-0.05, 0) is 43.5 Å². The maximum absolute atomic E-state index is 11.6. The molecule has 2 N–H and O–H groups in total. The van der Waals surface area contributed by atoms with Crippen LogP contribution in [0.2, 0.25) is 0 Å². The Morgan fingerprint density at radius 3 is 2.35 bits per heavy atom. The maximum Gasteiger partial charge on any atom is 0.239 e. The number of primary amides is 1. The quantitative estimate of drug-likeness (QED) is 0.861. The van der Waals surface area contributed by atoms with E-state index in [0.29, 0.717) is 0 Å². The monoisotopic (exact) mass is 232 g/mol. The number of nitrogens with two attached hydrogens (primary N) is 1. The van der Waals surface area contributed by atoms with E-state index < -0.39 is 0 Å². The van der Waals surface area contributed by atoms with Crippen molar-refractivity contribution < 1.29 is 4.79 Å². The van der Waals surface area contributed by atoms with Gasteiger partial charge in [0.25, 0.3) is 0 Å². The molecule has 1 aromatic rings. The molecule has 0 radical (unpaired) electrons. The van der Waals surface area contributed by atoms with E-state index in [1.165, 1.54) is 5.56 Å². The fraction of sp³-hybridized carbons (Fsp3) is 0.500. The Kier molecular flexibility index (Phi) is 3.79. The number of aryl methyl sites for hydroxylation is 1. The van der Waals surface area contributed by atoms with Gasteiger partial charge in [0.1, 0.15) is 6.04 Å². The van der Waals surface area contributed by atoms with Crippen LogP contribution >= 0.6 is 0 Å². The topological polar surface area (TPSA) is 46.3 Å². The summed E-state index contributed by atoms with van der Waals surface area (Å²) < 4.78 is 0. The van der Waals surface area contributed by atoms with Crippen molar-refractivity contribution in [2.45, 2.75) is 32.2 Å². The predicted octanol–water partition coefficient (Wildman–Crippen LogP) is 1.87. The lowest BCUT2D eigenvalue weighted by molar-refractivity contribution is -0.123. The maximum atomic E-state index is 11.6. The number of amides is 1. The summed E-state index contributed by atoms with van der Waals surface area (Å²) >= 11 is 0. The molecule has 0 saturated carbocycles. The van der Waals surface area contributed by atoms with E-state index in [-0.39, 0.29) is 11.9 Å². The summed E-state index contributed by atoms with van der Waals surface area (Å²) in [7, 11) is 0. The molecular weight excluding hydrogens is 212 g/mol. The highest BCUT2D eigenvalue weighted by molar-refractivity contribution is 5.81. The van der Waals surface area contributed by atoms with Gasteiger partial charge in [0.15, 0.2) is 0 Å². The highest BCUT2D eigenvalue weighted by Crippen LogP contribution is 2.25. The molecule has 1 heterocycles. The van der Waals surface area contributed by atoms with Crippen molar-refractivity contribution in [1.82, 2.24) is 4.90 Å². The first-order valence-electron chi connectivity index (χ1n) is 6.34. The Morgan fingerprint density at radius 1 is 1.29 bits per heavy atom. The lowest BCUT2D eigenvalue weighted by Gasteiger charge is -2.25. The smallest absolute Gasteiger partial charge is 0.239 e. The summed E-state index contributed by atoms with van der Waals surface area (Å²) in [6, 6.07) is 7.99. The molecule has 0 aliphatic carbocycles. The second-order valence-corrected chi connectivity index (χ2v) is 4.64. The zero-order valence-corrected chi connectivity index (χ0v) is 10.4. The molecule has 1 saturated heterocycles. The lowest BCUT2D eigenvalue weighted by Crippen LogP contribution is -2.35. The van der Waals surface area contributed by atoms with Crippen LogP contribution in [-0.2, 0) is 11.2 Å². The number of rotatable bonds is 4. The predicted molar refractivity (Wildman–Crippen MR) is 68.6 cm³/mol. The van der Waals surface area contributed by atoms with Crippen LogP contribution in [0.25, 0.3) is 0 Å². The number of hydrogen-bond donors (Lipinski definition) is 1. The van der Waals surface area contributed by atoms with Gasteiger partial charge < -0.3 is 5.73 Å². The molecule has 0 aromatic heterocycles. The second kappa shape index (κ2) is 5.32. The molecule has 1 aromatic carbocycles. The van der Waals surface area contributed by atoms with Crippen LogP contribution in [0.1, 0.15) is 36.9 Å². The van der Waals surface area contributed by atoms with Gasteiger partial charge >= 0.3 is 0 Å². The Labute approximate surface area is 103 Å². The molecule has 1 aliphatic heterocycles. The van der Waals surface area contributed by atoms with Crippen LogP contribution in [0.4, 0.5) is 0 Å². The summed E-state index contributed by atoms with van der Waals surface area (Å²) in [5.74, 6) is -0.240. The first kappa shape index (κ1) is 12.1. The highest BCUT2D eigenvalue weighted by Gasteiger charge is 2.27. The Bertz CT molecular complexity index is 380. The number of carbonyl (C=O) groups is 1. The summed E-state index contributed by atoms with van der Waals surface area (Å²) in [5, 5.41) is 0. The molecule has 92 valence electrons. The summed E-state index contributed by atoms with van der Waals surface area (Å²) in [6.07, 6.45) is 3.35. The van der Waals surface area contributed by atoms with Gasteiger partial charge in [-0.1, -0.05) is 31.2 Å². The molecule has 3 heteroatoms. The molecule has 1 atom stereocenters. The van der Waals surface area contributed by atoms with Crippen LogP contribution in [0.5, 0.6) is 0 Å². The number of carbonyl (C=O) groups excluding carboxylic acids is 1.